The molecule has 2 fully saturated rings. The minimum absolute atomic E-state index is 0.225. The van der Waals surface area contributed by atoms with E-state index in [4.69, 9.17) is 9.47 Å². The first-order valence-electron chi connectivity index (χ1n) is 18.7. The molecule has 0 heterocycles. The maximum atomic E-state index is 12.2. The van der Waals surface area contributed by atoms with Crippen molar-refractivity contribution in [2.45, 2.75) is 104 Å². The van der Waals surface area contributed by atoms with Crippen LogP contribution in [0.5, 0.6) is 0 Å². The van der Waals surface area contributed by atoms with Crippen LogP contribution in [0.4, 0.5) is 17.1 Å². The molecular weight excluding hydrogens is 606 g/mol. The van der Waals surface area contributed by atoms with Gasteiger partial charge in [-0.15, -0.1) is 0 Å². The summed E-state index contributed by atoms with van der Waals surface area (Å²) in [6.45, 7) is 5.15. The van der Waals surface area contributed by atoms with Crippen LogP contribution in [-0.2, 0) is 31.9 Å². The van der Waals surface area contributed by atoms with Gasteiger partial charge in [-0.25, -0.2) is 9.59 Å². The number of esters is 2. The Hall–Kier alpha value is -4.12. The average Bonchev–Trinajstić information content (AvgIpc) is 3.14. The monoisotopic (exact) mass is 661 g/mol. The molecule has 0 unspecified atom stereocenters. The Morgan fingerprint density at radius 3 is 1.45 bits per heavy atom. The van der Waals surface area contributed by atoms with Crippen molar-refractivity contribution in [1.82, 2.24) is 0 Å². The molecule has 3 aromatic carbocycles. The third-order valence-electron chi connectivity index (χ3n) is 10.2. The SMILES string of the molecule is Cc1ccc(N(c2ccc(CCCOC(=O)C=CC3CCCCC3)cc2)c2ccc(CCCOC(=O)C=CC3CCCCC3)cc2)cc1C. The molecule has 0 radical (unpaired) electrons. The van der Waals surface area contributed by atoms with Gasteiger partial charge in [-0.2, -0.15) is 0 Å². The van der Waals surface area contributed by atoms with Gasteiger partial charge in [0.25, 0.3) is 0 Å². The van der Waals surface area contributed by atoms with Gasteiger partial charge < -0.3 is 14.4 Å². The van der Waals surface area contributed by atoms with Gasteiger partial charge in [0, 0.05) is 29.2 Å². The zero-order chi connectivity index (χ0) is 34.3. The number of nitrogens with zero attached hydrogens (tertiary/aromatic N) is 1. The summed E-state index contributed by atoms with van der Waals surface area (Å²) in [6.07, 6.45) is 23.1. The Morgan fingerprint density at radius 1 is 0.592 bits per heavy atom. The van der Waals surface area contributed by atoms with E-state index in [0.29, 0.717) is 25.0 Å². The second kappa shape index (κ2) is 19.2. The minimum atomic E-state index is -0.225. The largest absolute Gasteiger partial charge is 0.463 e. The van der Waals surface area contributed by atoms with Crippen molar-refractivity contribution in [3.63, 3.8) is 0 Å². The first-order chi connectivity index (χ1) is 23.9. The predicted molar refractivity (Wildman–Crippen MR) is 201 cm³/mol. The Balaban J connectivity index is 1.13. The average molecular weight is 662 g/mol. The van der Waals surface area contributed by atoms with E-state index in [1.165, 1.54) is 86.5 Å². The summed E-state index contributed by atoms with van der Waals surface area (Å²) in [5.74, 6) is 0.610. The molecule has 0 aromatic heterocycles. The van der Waals surface area contributed by atoms with Crippen LogP contribution in [0.3, 0.4) is 0 Å². The van der Waals surface area contributed by atoms with Crippen LogP contribution in [-0.4, -0.2) is 25.2 Å². The first-order valence-corrected chi connectivity index (χ1v) is 18.7. The molecular formula is C44H55NO4. The third-order valence-corrected chi connectivity index (χ3v) is 10.2. The van der Waals surface area contributed by atoms with Crippen LogP contribution in [0, 0.1) is 25.7 Å². The maximum Gasteiger partial charge on any atom is 0.330 e. The molecule has 0 N–H and O–H groups in total. The lowest BCUT2D eigenvalue weighted by atomic mass is 9.89. The molecule has 49 heavy (non-hydrogen) atoms. The number of carbonyl (C=O) groups is 2. The lowest BCUT2D eigenvalue weighted by Gasteiger charge is -2.26. The van der Waals surface area contributed by atoms with Gasteiger partial charge in [0.05, 0.1) is 13.2 Å². The highest BCUT2D eigenvalue weighted by molar-refractivity contribution is 5.82. The van der Waals surface area contributed by atoms with E-state index in [0.717, 1.165) is 42.7 Å². The number of hydrogen-bond donors (Lipinski definition) is 0. The zero-order valence-electron chi connectivity index (χ0n) is 29.7. The number of aryl methyl sites for hydroxylation is 4. The topological polar surface area (TPSA) is 55.8 Å². The molecule has 0 aliphatic heterocycles. The zero-order valence-corrected chi connectivity index (χ0v) is 29.7. The van der Waals surface area contributed by atoms with Crippen LogP contribution >= 0.6 is 0 Å². The van der Waals surface area contributed by atoms with Crippen molar-refractivity contribution in [2.24, 2.45) is 11.8 Å². The van der Waals surface area contributed by atoms with Gasteiger partial charge in [-0.3, -0.25) is 0 Å². The van der Waals surface area contributed by atoms with Crippen LogP contribution in [0.1, 0.15) is 99.3 Å². The molecule has 2 aliphatic rings. The molecule has 5 heteroatoms. The van der Waals surface area contributed by atoms with E-state index in [1.807, 2.05) is 12.2 Å². The lowest BCUT2D eigenvalue weighted by Crippen LogP contribution is -2.11. The van der Waals surface area contributed by atoms with E-state index < -0.39 is 0 Å². The normalized spacial score (nSPS) is 15.9. The highest BCUT2D eigenvalue weighted by Crippen LogP contribution is 2.36. The molecule has 0 atom stereocenters. The van der Waals surface area contributed by atoms with Gasteiger partial charge in [0.2, 0.25) is 0 Å². The summed E-state index contributed by atoms with van der Waals surface area (Å²) >= 11 is 0. The number of rotatable bonds is 15. The summed E-state index contributed by atoms with van der Waals surface area (Å²) in [5, 5.41) is 0. The maximum absolute atomic E-state index is 12.2. The number of allylic oxidation sites excluding steroid dienone is 2. The summed E-state index contributed by atoms with van der Waals surface area (Å²) in [7, 11) is 0. The third kappa shape index (κ3) is 11.8. The fourth-order valence-corrected chi connectivity index (χ4v) is 7.01. The Labute approximate surface area is 294 Å². The fourth-order valence-electron chi connectivity index (χ4n) is 7.01. The molecule has 260 valence electrons. The van der Waals surface area contributed by atoms with E-state index in [-0.39, 0.29) is 11.9 Å². The Bertz CT molecular complexity index is 1430. The van der Waals surface area contributed by atoms with Gasteiger partial charge in [0.15, 0.2) is 0 Å². The second-order valence-electron chi connectivity index (χ2n) is 14.0. The van der Waals surface area contributed by atoms with E-state index in [2.05, 4.69) is 85.5 Å². The summed E-state index contributed by atoms with van der Waals surface area (Å²) in [6, 6.07) is 24.0. The second-order valence-corrected chi connectivity index (χ2v) is 14.0. The predicted octanol–water partition coefficient (Wildman–Crippen LogP) is 11.0. The van der Waals surface area contributed by atoms with Gasteiger partial charge in [-0.1, -0.05) is 81.0 Å². The summed E-state index contributed by atoms with van der Waals surface area (Å²) in [4.78, 5) is 26.6. The van der Waals surface area contributed by atoms with Gasteiger partial charge in [0.1, 0.15) is 0 Å². The first kappa shape index (κ1) is 36.2. The molecule has 5 nitrogen and oxygen atoms in total. The van der Waals surface area contributed by atoms with Crippen LogP contribution in [0.2, 0.25) is 0 Å². The van der Waals surface area contributed by atoms with Crippen molar-refractivity contribution in [1.29, 1.82) is 0 Å². The standard InChI is InChI=1S/C44H55NO4/c1-34-17-24-42(33-35(34)2)45(40-25-18-38(19-26-40)15-9-31-48-43(46)29-22-36-11-5-3-6-12-36)41-27-20-39(21-28-41)16-10-32-49-44(47)30-23-37-13-7-4-8-14-37/h17-30,33,36-37H,3-16,31-32H2,1-2H3. The highest BCUT2D eigenvalue weighted by Gasteiger charge is 2.15. The van der Waals surface area contributed by atoms with Crippen molar-refractivity contribution in [3.8, 4) is 0 Å². The number of anilines is 3. The van der Waals surface area contributed by atoms with Crippen LogP contribution in [0.15, 0.2) is 91.0 Å². The van der Waals surface area contributed by atoms with E-state index in [1.54, 1.807) is 12.2 Å². The number of carbonyl (C=O) groups excluding carboxylic acids is 2. The molecule has 0 bridgehead atoms. The molecule has 3 aromatic rings. The minimum Gasteiger partial charge on any atom is -0.463 e. The van der Waals surface area contributed by atoms with E-state index in [9.17, 15) is 9.59 Å². The highest BCUT2D eigenvalue weighted by atomic mass is 16.5. The Morgan fingerprint density at radius 2 is 1.02 bits per heavy atom. The fraction of sp³-hybridized carbons (Fsp3) is 0.455. The lowest BCUT2D eigenvalue weighted by molar-refractivity contribution is -0.138. The van der Waals surface area contributed by atoms with Crippen molar-refractivity contribution >= 4 is 29.0 Å². The van der Waals surface area contributed by atoms with Crippen molar-refractivity contribution < 1.29 is 19.1 Å². The molecule has 2 aliphatic carbocycles. The molecule has 2 saturated carbocycles. The van der Waals surface area contributed by atoms with Crippen molar-refractivity contribution in [3.05, 3.63) is 113 Å². The molecule has 0 saturated heterocycles. The van der Waals surface area contributed by atoms with E-state index >= 15 is 0 Å². The van der Waals surface area contributed by atoms with Gasteiger partial charge >= 0.3 is 11.9 Å². The van der Waals surface area contributed by atoms with Gasteiger partial charge in [-0.05, 0) is 136 Å². The van der Waals surface area contributed by atoms with Crippen molar-refractivity contribution in [2.75, 3.05) is 18.1 Å². The summed E-state index contributed by atoms with van der Waals surface area (Å²) in [5.41, 5.74) is 8.26. The quantitative estimate of drug-likeness (QED) is 0.0922. The summed E-state index contributed by atoms with van der Waals surface area (Å²) < 4.78 is 11.0. The number of benzene rings is 3. The van der Waals surface area contributed by atoms with Crippen LogP contribution < -0.4 is 4.90 Å². The molecule has 0 amide bonds. The molecule has 0 spiro atoms. The number of ether oxygens (including phenoxy) is 2. The smallest absolute Gasteiger partial charge is 0.330 e. The Kier molecular flexibility index (Phi) is 14.1. The number of hydrogen-bond acceptors (Lipinski definition) is 5. The molecule has 5 rings (SSSR count). The van der Waals surface area contributed by atoms with Crippen LogP contribution in [0.25, 0.3) is 0 Å².